The molecule has 0 spiro atoms. The first-order chi connectivity index (χ1) is 16.4. The van der Waals surface area contributed by atoms with Gasteiger partial charge in [-0.15, -0.1) is 0 Å². The van der Waals surface area contributed by atoms with E-state index in [0.29, 0.717) is 18.0 Å². The van der Waals surface area contributed by atoms with Gasteiger partial charge in [-0.05, 0) is 48.9 Å². The van der Waals surface area contributed by atoms with Gasteiger partial charge in [-0.2, -0.15) is 0 Å². The maximum atomic E-state index is 12.9. The zero-order valence-corrected chi connectivity index (χ0v) is 19.5. The zero-order chi connectivity index (χ0) is 24.1. The largest absolute Gasteiger partial charge is 0.468 e. The Kier molecular flexibility index (Phi) is 6.99. The first kappa shape index (κ1) is 23.5. The fraction of sp³-hybridized carbons (Fsp3) is 0.250. The van der Waals surface area contributed by atoms with Crippen LogP contribution in [0.2, 0.25) is 0 Å². The van der Waals surface area contributed by atoms with Gasteiger partial charge in [0.05, 0.1) is 28.7 Å². The van der Waals surface area contributed by atoms with Crippen LogP contribution in [0, 0.1) is 0 Å². The number of nitrogens with one attached hydrogen (secondary N) is 2. The maximum absolute atomic E-state index is 12.9. The predicted octanol–water partition coefficient (Wildman–Crippen LogP) is 3.31. The van der Waals surface area contributed by atoms with Gasteiger partial charge in [0.15, 0.2) is 0 Å². The summed E-state index contributed by atoms with van der Waals surface area (Å²) in [4.78, 5) is 25.5. The number of furan rings is 1. The number of sulfonamides is 1. The highest BCUT2D eigenvalue weighted by Crippen LogP contribution is 2.17. The van der Waals surface area contributed by atoms with Crippen LogP contribution >= 0.6 is 0 Å². The molecule has 0 saturated carbocycles. The molecule has 34 heavy (non-hydrogen) atoms. The number of aryl methyl sites for hydroxylation is 2. The quantitative estimate of drug-likeness (QED) is 0.360. The van der Waals surface area contributed by atoms with Gasteiger partial charge in [0.25, 0.3) is 0 Å². The van der Waals surface area contributed by atoms with E-state index in [2.05, 4.69) is 10.0 Å². The molecule has 2 heterocycles. The number of hydrogen-bond donors (Lipinski definition) is 2. The Labute approximate surface area is 197 Å². The fourth-order valence-electron chi connectivity index (χ4n) is 3.77. The van der Waals surface area contributed by atoms with Crippen LogP contribution in [-0.4, -0.2) is 23.5 Å². The number of carbonyl (C=O) groups is 1. The number of aromatic nitrogens is 2. The second-order valence-electron chi connectivity index (χ2n) is 7.80. The topological polar surface area (TPSA) is 115 Å². The normalized spacial score (nSPS) is 11.7. The third kappa shape index (κ3) is 5.13. The number of para-hydroxylation sites is 2. The lowest BCUT2D eigenvalue weighted by Gasteiger charge is -2.09. The van der Waals surface area contributed by atoms with Gasteiger partial charge >= 0.3 is 5.69 Å². The highest BCUT2D eigenvalue weighted by molar-refractivity contribution is 7.89. The molecule has 0 unspecified atom stereocenters. The van der Waals surface area contributed by atoms with Crippen LogP contribution in [-0.2, 0) is 34.5 Å². The van der Waals surface area contributed by atoms with Crippen molar-refractivity contribution in [1.29, 1.82) is 0 Å². The van der Waals surface area contributed by atoms with Crippen molar-refractivity contribution in [2.45, 2.75) is 44.3 Å². The molecule has 4 aromatic rings. The van der Waals surface area contributed by atoms with Crippen molar-refractivity contribution in [1.82, 2.24) is 13.9 Å². The molecule has 178 valence electrons. The van der Waals surface area contributed by atoms with Crippen molar-refractivity contribution in [3.05, 3.63) is 83.2 Å². The smallest absolute Gasteiger partial charge is 0.329 e. The highest BCUT2D eigenvalue weighted by atomic mass is 32.2. The summed E-state index contributed by atoms with van der Waals surface area (Å²) in [6, 6.07) is 16.9. The first-order valence-electron chi connectivity index (χ1n) is 11.0. The molecular weight excluding hydrogens is 456 g/mol. The number of amides is 1. The minimum Gasteiger partial charge on any atom is -0.468 e. The molecule has 0 aliphatic heterocycles. The fourth-order valence-corrected chi connectivity index (χ4v) is 4.81. The second-order valence-corrected chi connectivity index (χ2v) is 9.57. The summed E-state index contributed by atoms with van der Waals surface area (Å²) in [6.07, 6.45) is 2.35. The molecule has 9 nitrogen and oxygen atoms in total. The number of benzene rings is 2. The minimum absolute atomic E-state index is 0.0201. The van der Waals surface area contributed by atoms with Gasteiger partial charge < -0.3 is 9.73 Å². The van der Waals surface area contributed by atoms with E-state index in [0.717, 1.165) is 17.5 Å². The zero-order valence-electron chi connectivity index (χ0n) is 18.7. The molecule has 0 aliphatic rings. The molecule has 2 N–H and O–H groups in total. The Morgan fingerprint density at radius 3 is 2.38 bits per heavy atom. The Hall–Kier alpha value is -3.63. The molecule has 1 amide bonds. The van der Waals surface area contributed by atoms with Crippen molar-refractivity contribution < 1.29 is 17.6 Å². The summed E-state index contributed by atoms with van der Waals surface area (Å²) in [5.41, 5.74) is 1.83. The van der Waals surface area contributed by atoms with Gasteiger partial charge in [-0.25, -0.2) is 17.9 Å². The van der Waals surface area contributed by atoms with Crippen molar-refractivity contribution in [2.24, 2.45) is 0 Å². The number of imidazole rings is 1. The molecule has 10 heteroatoms. The van der Waals surface area contributed by atoms with Crippen LogP contribution in [0.3, 0.4) is 0 Å². The van der Waals surface area contributed by atoms with E-state index < -0.39 is 10.0 Å². The van der Waals surface area contributed by atoms with E-state index >= 15 is 0 Å². The number of fused-ring (bicyclic) bond motifs is 1. The maximum Gasteiger partial charge on any atom is 0.329 e. The van der Waals surface area contributed by atoms with E-state index in [1.54, 1.807) is 33.4 Å². The summed E-state index contributed by atoms with van der Waals surface area (Å²) in [6.45, 7) is 2.84. The van der Waals surface area contributed by atoms with Crippen LogP contribution in [0.15, 0.2) is 81.0 Å². The van der Waals surface area contributed by atoms with Gasteiger partial charge in [0.2, 0.25) is 15.9 Å². The van der Waals surface area contributed by atoms with Crippen LogP contribution in [0.1, 0.15) is 25.5 Å². The summed E-state index contributed by atoms with van der Waals surface area (Å²) >= 11 is 0. The van der Waals surface area contributed by atoms with Crippen LogP contribution in [0.4, 0.5) is 5.69 Å². The lowest BCUT2D eigenvalue weighted by Crippen LogP contribution is -2.26. The standard InChI is InChI=1S/C24H26N4O5S/c1-2-13-27-21-10-3-4-11-22(21)28(24(27)30)14-12-23(29)26-18-7-5-9-20(16-18)34(31,32)25-17-19-8-6-15-33-19/h3-11,15-16,25H,2,12-14,17H2,1H3,(H,26,29). The summed E-state index contributed by atoms with van der Waals surface area (Å²) in [5.74, 6) is 0.167. The molecule has 0 radical (unpaired) electrons. The molecule has 2 aromatic carbocycles. The Bertz CT molecular complexity index is 1450. The van der Waals surface area contributed by atoms with Crippen molar-refractivity contribution >= 4 is 32.7 Å². The minimum atomic E-state index is -3.79. The molecule has 0 atom stereocenters. The van der Waals surface area contributed by atoms with E-state index in [1.165, 1.54) is 18.4 Å². The molecule has 4 rings (SSSR count). The first-order valence-corrected chi connectivity index (χ1v) is 12.5. The second kappa shape index (κ2) is 10.1. The SMILES string of the molecule is CCCn1c(=O)n(CCC(=O)Nc2cccc(S(=O)(=O)NCc3ccco3)c2)c2ccccc21. The number of carbonyl (C=O) groups excluding carboxylic acids is 1. The van der Waals surface area contributed by atoms with E-state index in [9.17, 15) is 18.0 Å². The van der Waals surface area contributed by atoms with Gasteiger partial charge in [0.1, 0.15) is 5.76 Å². The molecule has 0 saturated heterocycles. The number of anilines is 1. The third-order valence-electron chi connectivity index (χ3n) is 5.38. The Morgan fingerprint density at radius 1 is 0.971 bits per heavy atom. The lowest BCUT2D eigenvalue weighted by molar-refractivity contribution is -0.116. The molecule has 0 aliphatic carbocycles. The van der Waals surface area contributed by atoms with Crippen LogP contribution < -0.4 is 15.7 Å². The monoisotopic (exact) mass is 482 g/mol. The van der Waals surface area contributed by atoms with Crippen molar-refractivity contribution in [3.8, 4) is 0 Å². The summed E-state index contributed by atoms with van der Waals surface area (Å²) in [5, 5.41) is 2.72. The predicted molar refractivity (Wildman–Crippen MR) is 129 cm³/mol. The van der Waals surface area contributed by atoms with Gasteiger partial charge in [-0.1, -0.05) is 25.1 Å². The summed E-state index contributed by atoms with van der Waals surface area (Å²) < 4.78 is 36.1. The number of nitrogens with zero attached hydrogens (tertiary/aromatic N) is 2. The van der Waals surface area contributed by atoms with Gasteiger partial charge in [0, 0.05) is 25.2 Å². The van der Waals surface area contributed by atoms with E-state index in [-0.39, 0.29) is 36.0 Å². The Morgan fingerprint density at radius 2 is 1.71 bits per heavy atom. The average molecular weight is 483 g/mol. The van der Waals surface area contributed by atoms with Gasteiger partial charge in [-0.3, -0.25) is 13.9 Å². The van der Waals surface area contributed by atoms with E-state index in [4.69, 9.17) is 4.42 Å². The third-order valence-corrected chi connectivity index (χ3v) is 6.78. The van der Waals surface area contributed by atoms with Crippen molar-refractivity contribution in [2.75, 3.05) is 5.32 Å². The molecular formula is C24H26N4O5S. The molecule has 0 bridgehead atoms. The van der Waals surface area contributed by atoms with Crippen molar-refractivity contribution in [3.63, 3.8) is 0 Å². The molecule has 0 fully saturated rings. The lowest BCUT2D eigenvalue weighted by atomic mass is 10.3. The number of rotatable bonds is 10. The van der Waals surface area contributed by atoms with Crippen LogP contribution in [0.5, 0.6) is 0 Å². The van der Waals surface area contributed by atoms with E-state index in [1.807, 2.05) is 31.2 Å². The highest BCUT2D eigenvalue weighted by Gasteiger charge is 2.16. The number of hydrogen-bond acceptors (Lipinski definition) is 5. The molecule has 2 aromatic heterocycles. The van der Waals surface area contributed by atoms with Crippen LogP contribution in [0.25, 0.3) is 11.0 Å². The summed E-state index contributed by atoms with van der Waals surface area (Å²) in [7, 11) is -3.79. The Balaban J connectivity index is 1.43. The average Bonchev–Trinajstić information content (AvgIpc) is 3.44.